The molecule has 24 heavy (non-hydrogen) atoms. The van der Waals surface area contributed by atoms with Crippen LogP contribution in [-0.2, 0) is 9.53 Å². The highest BCUT2D eigenvalue weighted by Gasteiger charge is 2.34. The summed E-state index contributed by atoms with van der Waals surface area (Å²) < 4.78 is 10.5. The van der Waals surface area contributed by atoms with Gasteiger partial charge < -0.3 is 14.8 Å². The summed E-state index contributed by atoms with van der Waals surface area (Å²) in [6, 6.07) is 6.61. The molecule has 1 aromatic carbocycles. The Bertz CT molecular complexity index is 578. The Kier molecular flexibility index (Phi) is 5.70. The Balaban J connectivity index is 2.05. The number of nitrogens with zero attached hydrogens (tertiary/aromatic N) is 1. The van der Waals surface area contributed by atoms with Gasteiger partial charge in [-0.25, -0.2) is 4.79 Å². The summed E-state index contributed by atoms with van der Waals surface area (Å²) in [5, 5.41) is 2.87. The van der Waals surface area contributed by atoms with Gasteiger partial charge in [0.2, 0.25) is 5.91 Å². The van der Waals surface area contributed by atoms with Crippen LogP contribution in [0.5, 0.6) is 5.75 Å². The van der Waals surface area contributed by atoms with Crippen molar-refractivity contribution in [1.82, 2.24) is 4.90 Å². The number of benzene rings is 1. The zero-order chi connectivity index (χ0) is 17.7. The maximum absolute atomic E-state index is 12.6. The Labute approximate surface area is 143 Å². The zero-order valence-corrected chi connectivity index (χ0v) is 14.8. The number of piperidine rings is 1. The molecule has 1 heterocycles. The van der Waals surface area contributed by atoms with E-state index in [1.54, 1.807) is 31.4 Å². The van der Waals surface area contributed by atoms with Gasteiger partial charge in [0.25, 0.3) is 0 Å². The number of methoxy groups -OCH3 is 1. The van der Waals surface area contributed by atoms with Crippen LogP contribution in [0.1, 0.15) is 40.0 Å². The van der Waals surface area contributed by atoms with E-state index >= 15 is 0 Å². The van der Waals surface area contributed by atoms with Gasteiger partial charge in [-0.15, -0.1) is 0 Å². The van der Waals surface area contributed by atoms with Crippen molar-refractivity contribution in [2.45, 2.75) is 51.7 Å². The molecule has 132 valence electrons. The zero-order valence-electron chi connectivity index (χ0n) is 14.8. The van der Waals surface area contributed by atoms with Crippen molar-refractivity contribution in [3.05, 3.63) is 24.3 Å². The normalized spacial score (nSPS) is 18.0. The van der Waals surface area contributed by atoms with E-state index in [0.29, 0.717) is 18.7 Å². The van der Waals surface area contributed by atoms with Crippen molar-refractivity contribution in [3.8, 4) is 5.75 Å². The van der Waals surface area contributed by atoms with Crippen LogP contribution in [0.3, 0.4) is 0 Å². The summed E-state index contributed by atoms with van der Waals surface area (Å²) in [4.78, 5) is 26.5. The molecule has 6 nitrogen and oxygen atoms in total. The third-order valence-corrected chi connectivity index (χ3v) is 3.79. The van der Waals surface area contributed by atoms with Crippen LogP contribution < -0.4 is 10.1 Å². The molecular weight excluding hydrogens is 308 g/mol. The Morgan fingerprint density at radius 1 is 1.17 bits per heavy atom. The summed E-state index contributed by atoms with van der Waals surface area (Å²) in [5.74, 6) is 0.534. The fourth-order valence-electron chi connectivity index (χ4n) is 2.64. The molecule has 1 atom stereocenters. The van der Waals surface area contributed by atoms with E-state index in [9.17, 15) is 9.59 Å². The molecule has 1 aliphatic heterocycles. The lowest BCUT2D eigenvalue weighted by Gasteiger charge is -2.35. The maximum atomic E-state index is 12.6. The summed E-state index contributed by atoms with van der Waals surface area (Å²) in [5.41, 5.74) is 0.0986. The van der Waals surface area contributed by atoms with Gasteiger partial charge in [-0.05, 0) is 64.3 Å². The van der Waals surface area contributed by atoms with Crippen molar-refractivity contribution >= 4 is 17.7 Å². The second-order valence-electron chi connectivity index (χ2n) is 6.90. The molecule has 0 saturated carbocycles. The van der Waals surface area contributed by atoms with E-state index in [1.165, 1.54) is 4.90 Å². The topological polar surface area (TPSA) is 67.9 Å². The van der Waals surface area contributed by atoms with Gasteiger partial charge in [0.05, 0.1) is 7.11 Å². The minimum Gasteiger partial charge on any atom is -0.497 e. The van der Waals surface area contributed by atoms with Gasteiger partial charge in [0.1, 0.15) is 17.4 Å². The number of rotatable bonds is 3. The fourth-order valence-corrected chi connectivity index (χ4v) is 2.64. The number of likely N-dealkylation sites (tertiary alicyclic amines) is 1. The monoisotopic (exact) mass is 334 g/mol. The van der Waals surface area contributed by atoms with Gasteiger partial charge in [0, 0.05) is 12.2 Å². The number of amides is 2. The first kappa shape index (κ1) is 18.1. The number of anilines is 1. The minimum absolute atomic E-state index is 0.189. The number of nitrogens with one attached hydrogen (secondary N) is 1. The first-order valence-corrected chi connectivity index (χ1v) is 8.25. The second kappa shape index (κ2) is 7.55. The average molecular weight is 334 g/mol. The van der Waals surface area contributed by atoms with Crippen LogP contribution in [0.2, 0.25) is 0 Å². The Morgan fingerprint density at radius 2 is 1.83 bits per heavy atom. The predicted molar refractivity (Wildman–Crippen MR) is 92.2 cm³/mol. The molecule has 1 aliphatic rings. The smallest absolute Gasteiger partial charge is 0.410 e. The van der Waals surface area contributed by atoms with E-state index in [0.717, 1.165) is 18.6 Å². The maximum Gasteiger partial charge on any atom is 0.410 e. The third-order valence-electron chi connectivity index (χ3n) is 3.79. The lowest BCUT2D eigenvalue weighted by molar-refractivity contribution is -0.122. The SMILES string of the molecule is COc1ccc(NC(=O)C2CCCCN2C(=O)OC(C)(C)C)cc1. The fraction of sp³-hybridized carbons (Fsp3) is 0.556. The molecule has 0 aromatic heterocycles. The summed E-state index contributed by atoms with van der Waals surface area (Å²) in [7, 11) is 1.59. The largest absolute Gasteiger partial charge is 0.497 e. The van der Waals surface area contributed by atoms with Crippen LogP contribution in [0.4, 0.5) is 10.5 Å². The van der Waals surface area contributed by atoms with Gasteiger partial charge >= 0.3 is 6.09 Å². The van der Waals surface area contributed by atoms with E-state index in [1.807, 2.05) is 20.8 Å². The van der Waals surface area contributed by atoms with Gasteiger partial charge in [-0.3, -0.25) is 9.69 Å². The molecule has 0 aliphatic carbocycles. The molecule has 1 saturated heterocycles. The van der Waals surface area contributed by atoms with E-state index < -0.39 is 17.7 Å². The lowest BCUT2D eigenvalue weighted by atomic mass is 10.0. The first-order chi connectivity index (χ1) is 11.3. The Morgan fingerprint density at radius 3 is 2.42 bits per heavy atom. The summed E-state index contributed by atoms with van der Waals surface area (Å²) in [6.07, 6.45) is 2.00. The number of hydrogen-bond acceptors (Lipinski definition) is 4. The molecule has 0 radical (unpaired) electrons. The molecule has 1 aromatic rings. The first-order valence-electron chi connectivity index (χ1n) is 8.25. The van der Waals surface area contributed by atoms with Crippen LogP contribution >= 0.6 is 0 Å². The molecule has 6 heteroatoms. The number of carbonyl (C=O) groups excluding carboxylic acids is 2. The van der Waals surface area contributed by atoms with E-state index in [4.69, 9.17) is 9.47 Å². The van der Waals surface area contributed by atoms with E-state index in [-0.39, 0.29) is 5.91 Å². The molecule has 1 unspecified atom stereocenters. The van der Waals surface area contributed by atoms with Crippen molar-refractivity contribution in [3.63, 3.8) is 0 Å². The molecule has 1 fully saturated rings. The second-order valence-corrected chi connectivity index (χ2v) is 6.90. The minimum atomic E-state index is -0.578. The number of carbonyl (C=O) groups is 2. The molecule has 0 bridgehead atoms. The average Bonchev–Trinajstić information content (AvgIpc) is 2.54. The molecule has 2 rings (SSSR count). The quantitative estimate of drug-likeness (QED) is 0.919. The molecule has 2 amide bonds. The third kappa shape index (κ3) is 4.88. The highest BCUT2D eigenvalue weighted by molar-refractivity contribution is 5.96. The van der Waals surface area contributed by atoms with Crippen molar-refractivity contribution < 1.29 is 19.1 Å². The van der Waals surface area contributed by atoms with E-state index in [2.05, 4.69) is 5.32 Å². The van der Waals surface area contributed by atoms with Crippen molar-refractivity contribution in [2.75, 3.05) is 19.0 Å². The molecular formula is C18H26N2O4. The highest BCUT2D eigenvalue weighted by atomic mass is 16.6. The lowest BCUT2D eigenvalue weighted by Crippen LogP contribution is -2.51. The van der Waals surface area contributed by atoms with Gasteiger partial charge in [0.15, 0.2) is 0 Å². The predicted octanol–water partition coefficient (Wildman–Crippen LogP) is 3.42. The van der Waals surface area contributed by atoms with Crippen LogP contribution in [-0.4, -0.2) is 42.2 Å². The van der Waals surface area contributed by atoms with Gasteiger partial charge in [-0.2, -0.15) is 0 Å². The van der Waals surface area contributed by atoms with Crippen molar-refractivity contribution in [2.24, 2.45) is 0 Å². The van der Waals surface area contributed by atoms with Crippen LogP contribution in [0.25, 0.3) is 0 Å². The Hall–Kier alpha value is -2.24. The number of hydrogen-bond donors (Lipinski definition) is 1. The highest BCUT2D eigenvalue weighted by Crippen LogP contribution is 2.22. The standard InChI is InChI=1S/C18H26N2O4/c1-18(2,3)24-17(22)20-12-6-5-7-15(20)16(21)19-13-8-10-14(23-4)11-9-13/h8-11,15H,5-7,12H2,1-4H3,(H,19,21). The molecule has 0 spiro atoms. The number of ether oxygens (including phenoxy) is 2. The van der Waals surface area contributed by atoms with Gasteiger partial charge in [-0.1, -0.05) is 0 Å². The van der Waals surface area contributed by atoms with Crippen LogP contribution in [0.15, 0.2) is 24.3 Å². The summed E-state index contributed by atoms with van der Waals surface area (Å²) in [6.45, 7) is 6.00. The molecule has 1 N–H and O–H groups in total. The summed E-state index contributed by atoms with van der Waals surface area (Å²) >= 11 is 0. The van der Waals surface area contributed by atoms with Crippen molar-refractivity contribution in [1.29, 1.82) is 0 Å². The van der Waals surface area contributed by atoms with Crippen LogP contribution in [0, 0.1) is 0 Å².